The molecule has 3 rings (SSSR count). The Morgan fingerprint density at radius 3 is 2.06 bits per heavy atom. The maximum Gasteiger partial charge on any atom is 0.329 e. The van der Waals surface area contributed by atoms with E-state index in [2.05, 4.69) is 28.4 Å². The van der Waals surface area contributed by atoms with Gasteiger partial charge in [-0.05, 0) is 49.9 Å². The average molecular weight is 772 g/mol. The number of nitriles is 2. The molecule has 2 aromatic rings. The number of aliphatic hydroxyl groups is 1. The highest BCUT2D eigenvalue weighted by atomic mass is 31.2. The summed E-state index contributed by atoms with van der Waals surface area (Å²) < 4.78 is 24.0. The predicted molar refractivity (Wildman–Crippen MR) is 214 cm³/mol. The molecule has 302 valence electrons. The monoisotopic (exact) mass is 771 g/mol. The van der Waals surface area contributed by atoms with Crippen LogP contribution in [-0.2, 0) is 31.5 Å². The summed E-state index contributed by atoms with van der Waals surface area (Å²) >= 11 is 0. The molecule has 54 heavy (non-hydrogen) atoms. The molecule has 0 radical (unpaired) electrons. The number of ether oxygens (including phenoxy) is 2. The minimum atomic E-state index is -2.11. The quantitative estimate of drug-likeness (QED) is 0.0445. The Morgan fingerprint density at radius 1 is 0.870 bits per heavy atom. The number of aryl methyl sites for hydroxylation is 1. The van der Waals surface area contributed by atoms with Crippen LogP contribution in [0.2, 0.25) is 0 Å². The largest absolute Gasteiger partial charge is 0.390 e. The minimum Gasteiger partial charge on any atom is -0.390 e. The van der Waals surface area contributed by atoms with Gasteiger partial charge in [0.05, 0.1) is 31.1 Å². The summed E-state index contributed by atoms with van der Waals surface area (Å²) in [5, 5.41) is 26.7. The van der Waals surface area contributed by atoms with Gasteiger partial charge in [-0.3, -0.25) is 9.66 Å². The molecule has 0 spiro atoms. The number of nitrogens with two attached hydrogens (primary N) is 1. The molecule has 0 aromatic carbocycles. The van der Waals surface area contributed by atoms with Crippen molar-refractivity contribution in [3.05, 3.63) is 53.1 Å². The van der Waals surface area contributed by atoms with Crippen LogP contribution in [0.4, 0.5) is 0 Å². The summed E-state index contributed by atoms with van der Waals surface area (Å²) in [5.41, 5.74) is 10.7. The molecule has 2 unspecified atom stereocenters. The van der Waals surface area contributed by atoms with E-state index in [1.54, 1.807) is 12.1 Å². The topological polar surface area (TPSA) is 193 Å². The van der Waals surface area contributed by atoms with Crippen molar-refractivity contribution >= 4 is 14.4 Å². The van der Waals surface area contributed by atoms with Crippen molar-refractivity contribution < 1.29 is 28.5 Å². The number of amidine groups is 1. The van der Waals surface area contributed by atoms with Crippen molar-refractivity contribution in [3.63, 3.8) is 0 Å². The highest BCUT2D eigenvalue weighted by molar-refractivity contribution is 7.40. The third kappa shape index (κ3) is 20.0. The zero-order valence-corrected chi connectivity index (χ0v) is 33.7. The van der Waals surface area contributed by atoms with Crippen LogP contribution in [0.25, 0.3) is 0 Å². The normalized spacial score (nSPS) is 13.7. The number of nitrogens with zero attached hydrogens (tertiary/aromatic N) is 5. The fourth-order valence-corrected chi connectivity index (χ4v) is 6.65. The zero-order chi connectivity index (χ0) is 39.1. The number of hydrogen-bond acceptors (Lipinski definition) is 12. The first-order valence-corrected chi connectivity index (χ1v) is 21.0. The van der Waals surface area contributed by atoms with Crippen molar-refractivity contribution in [1.82, 2.24) is 9.66 Å². The van der Waals surface area contributed by atoms with Crippen molar-refractivity contribution in [2.45, 2.75) is 141 Å². The lowest BCUT2D eigenvalue weighted by molar-refractivity contribution is -0.0111. The van der Waals surface area contributed by atoms with E-state index >= 15 is 0 Å². The molecule has 2 aromatic heterocycles. The number of methoxy groups -OCH3 is 1. The Hall–Kier alpha value is -3.13. The first-order chi connectivity index (χ1) is 26.4. The van der Waals surface area contributed by atoms with E-state index in [-0.39, 0.29) is 13.2 Å². The number of pyridine rings is 1. The molecular weight excluding hydrogens is 705 g/mol. The van der Waals surface area contributed by atoms with E-state index in [1.807, 2.05) is 22.9 Å². The number of fused-ring (bicyclic) bond motifs is 1. The van der Waals surface area contributed by atoms with E-state index in [4.69, 9.17) is 34.6 Å². The Kier molecular flexibility index (Phi) is 26.2. The van der Waals surface area contributed by atoms with Crippen LogP contribution in [0, 0.1) is 22.7 Å². The van der Waals surface area contributed by atoms with Gasteiger partial charge in [-0.15, -0.1) is 0 Å². The van der Waals surface area contributed by atoms with Gasteiger partial charge in [-0.1, -0.05) is 103 Å². The van der Waals surface area contributed by atoms with Gasteiger partial charge in [0.1, 0.15) is 30.3 Å². The summed E-state index contributed by atoms with van der Waals surface area (Å²) in [4.78, 5) is 18.1. The molecule has 2 atom stereocenters. The van der Waals surface area contributed by atoms with Gasteiger partial charge in [-0.25, -0.2) is 4.99 Å². The van der Waals surface area contributed by atoms with Crippen LogP contribution in [-0.4, -0.2) is 71.3 Å². The predicted octanol–water partition coefficient (Wildman–Crippen LogP) is 7.92. The van der Waals surface area contributed by atoms with Gasteiger partial charge >= 0.3 is 8.60 Å². The second-order valence-corrected chi connectivity index (χ2v) is 14.6. The Labute approximate surface area is 325 Å². The van der Waals surface area contributed by atoms with Gasteiger partial charge < -0.3 is 39.7 Å². The van der Waals surface area contributed by atoms with Gasteiger partial charge in [0.25, 0.3) is 0 Å². The molecule has 3 heterocycles. The van der Waals surface area contributed by atoms with Gasteiger partial charge in [-0.2, -0.15) is 10.5 Å². The Bertz CT molecular complexity index is 1360. The highest BCUT2D eigenvalue weighted by Crippen LogP contribution is 2.35. The van der Waals surface area contributed by atoms with Crippen LogP contribution < -0.4 is 11.2 Å². The van der Waals surface area contributed by atoms with Crippen molar-refractivity contribution in [1.29, 1.82) is 10.5 Å². The van der Waals surface area contributed by atoms with Crippen molar-refractivity contribution in [3.8, 4) is 12.1 Å². The molecule has 14 heteroatoms. The maximum atomic E-state index is 10.2. The number of aromatic nitrogens is 2. The van der Waals surface area contributed by atoms with Gasteiger partial charge in [0, 0.05) is 32.2 Å². The van der Waals surface area contributed by atoms with E-state index in [0.717, 1.165) is 24.4 Å². The first-order valence-electron chi connectivity index (χ1n) is 19.9. The van der Waals surface area contributed by atoms with Crippen molar-refractivity contribution in [2.24, 2.45) is 10.7 Å². The van der Waals surface area contributed by atoms with E-state index < -0.39 is 14.2 Å². The van der Waals surface area contributed by atoms with E-state index in [0.29, 0.717) is 56.2 Å². The van der Waals surface area contributed by atoms with Crippen molar-refractivity contribution in [2.75, 3.05) is 45.6 Å². The molecule has 1 aliphatic rings. The van der Waals surface area contributed by atoms with E-state index in [1.165, 1.54) is 110 Å². The minimum absolute atomic E-state index is 0.0777. The smallest absolute Gasteiger partial charge is 0.329 e. The van der Waals surface area contributed by atoms with Crippen LogP contribution in [0.1, 0.15) is 145 Å². The second-order valence-electron chi connectivity index (χ2n) is 13.6. The number of unbranched alkanes of at least 4 members (excludes halogenated alkanes) is 15. The average Bonchev–Trinajstić information content (AvgIpc) is 3.63. The van der Waals surface area contributed by atoms with E-state index in [9.17, 15) is 10.2 Å². The fraction of sp³-hybridized carbons (Fsp3) is 0.700. The molecule has 1 aliphatic heterocycles. The summed E-state index contributed by atoms with van der Waals surface area (Å²) in [6.45, 7) is 4.19. The fourth-order valence-electron chi connectivity index (χ4n) is 5.97. The molecule has 0 aliphatic carbocycles. The van der Waals surface area contributed by atoms with Gasteiger partial charge in [0.15, 0.2) is 5.60 Å². The molecular formula is C40H66N7O6P. The number of aliphatic hydroxyl groups excluding tert-OH is 1. The Balaban J connectivity index is 0.000000867. The summed E-state index contributed by atoms with van der Waals surface area (Å²) in [7, 11) is -0.637. The lowest BCUT2D eigenvalue weighted by Gasteiger charge is -2.26. The molecule has 5 N–H and O–H groups in total. The number of rotatable bonds is 30. The van der Waals surface area contributed by atoms with Crippen LogP contribution in [0.5, 0.6) is 0 Å². The second kappa shape index (κ2) is 30.1. The number of nitrogens with one attached hydrogen (secondary N) is 1. The molecule has 0 fully saturated rings. The lowest BCUT2D eigenvalue weighted by Crippen LogP contribution is -2.36. The van der Waals surface area contributed by atoms with Crippen LogP contribution in [0.15, 0.2) is 35.5 Å². The highest BCUT2D eigenvalue weighted by Gasteiger charge is 2.32. The third-order valence-electron chi connectivity index (χ3n) is 9.38. The summed E-state index contributed by atoms with van der Waals surface area (Å²) in [6.07, 6.45) is 24.8. The number of aliphatic imine (C=N–C) groups is 1. The first kappa shape index (κ1) is 47.0. The summed E-state index contributed by atoms with van der Waals surface area (Å²) in [6, 6.07) is 11.2. The van der Waals surface area contributed by atoms with Gasteiger partial charge in [0.2, 0.25) is 0 Å². The Morgan fingerprint density at radius 2 is 1.50 bits per heavy atom. The zero-order valence-electron chi connectivity index (χ0n) is 32.9. The maximum absolute atomic E-state index is 10.2. The molecule has 0 saturated heterocycles. The third-order valence-corrected chi connectivity index (χ3v) is 10.1. The molecule has 0 bridgehead atoms. The molecule has 13 nitrogen and oxygen atoms in total. The van der Waals surface area contributed by atoms with Crippen LogP contribution in [0.3, 0.4) is 0 Å². The lowest BCUT2D eigenvalue weighted by atomic mass is 9.99. The summed E-state index contributed by atoms with van der Waals surface area (Å²) in [5.74, 6) is 0.477. The SMILES string of the molecule is CCCCCCCCCCCCCCCCCCOCCCOP(O)OCC(C#N)(CCc1ccc2n1NCN=C2N)OC.N#Cc1ccc(CO)nc1. The molecule has 0 saturated carbocycles. The number of hydrogen-bond donors (Lipinski definition) is 4. The standard InChI is InChI=1S/C33H60N5O5P.C7H6N2O/c1-3-4-5-6-7-8-9-10-11-12-13-14-15-16-17-18-24-41-25-19-26-42-44(39)43-28-33(27-34,40-2)23-22-30-20-21-31-32(35)36-29-37-38(30)31;8-3-6-1-2-7(5-10)9-4-6/h20-21,37,39H,3-19,22-26,28-29H2,1-2H3,(H2,35,36);1-2,4,10H,5H2. The van der Waals surface area contributed by atoms with Crippen LogP contribution >= 0.6 is 8.60 Å². The molecule has 0 amide bonds.